The van der Waals surface area contributed by atoms with Crippen LogP contribution in [-0.2, 0) is 14.3 Å². The Kier molecular flexibility index (Phi) is 5.38. The van der Waals surface area contributed by atoms with Gasteiger partial charge in [-0.1, -0.05) is 11.6 Å². The summed E-state index contributed by atoms with van der Waals surface area (Å²) in [5, 5.41) is 2.93. The predicted molar refractivity (Wildman–Crippen MR) is 82.0 cm³/mol. The van der Waals surface area contributed by atoms with Crippen LogP contribution in [0.25, 0.3) is 0 Å². The van der Waals surface area contributed by atoms with Gasteiger partial charge in [-0.05, 0) is 31.5 Å². The number of ether oxygens (including phenoxy) is 1. The average Bonchev–Trinajstić information content (AvgIpc) is 2.91. The number of rotatable bonds is 5. The molecule has 0 bridgehead atoms. The Morgan fingerprint density at radius 2 is 2.18 bits per heavy atom. The first-order valence-corrected chi connectivity index (χ1v) is 7.44. The minimum atomic E-state index is -0.511. The number of hydrogen-bond acceptors (Lipinski definition) is 4. The molecule has 1 aromatic carbocycles. The van der Waals surface area contributed by atoms with E-state index in [1.165, 1.54) is 0 Å². The van der Waals surface area contributed by atoms with Crippen molar-refractivity contribution in [2.45, 2.75) is 19.8 Å². The summed E-state index contributed by atoms with van der Waals surface area (Å²) in [6.07, 6.45) is 1.20. The first-order chi connectivity index (χ1) is 10.5. The molecule has 1 heterocycles. The number of amides is 2. The van der Waals surface area contributed by atoms with Crippen LogP contribution in [-0.4, -0.2) is 37.5 Å². The number of halogens is 1. The van der Waals surface area contributed by atoms with Gasteiger partial charge in [0.1, 0.15) is 6.54 Å². The largest absolute Gasteiger partial charge is 0.465 e. The highest BCUT2D eigenvalue weighted by Gasteiger charge is 2.26. The minimum absolute atomic E-state index is 0.0401. The van der Waals surface area contributed by atoms with Gasteiger partial charge in [0, 0.05) is 18.0 Å². The zero-order valence-corrected chi connectivity index (χ0v) is 13.0. The molecule has 0 spiro atoms. The Morgan fingerprint density at radius 3 is 2.82 bits per heavy atom. The van der Waals surface area contributed by atoms with Crippen LogP contribution in [0.2, 0.25) is 5.02 Å². The Morgan fingerprint density at radius 1 is 1.41 bits per heavy atom. The number of esters is 1. The summed E-state index contributed by atoms with van der Waals surface area (Å²) in [5.74, 6) is -0.996. The van der Waals surface area contributed by atoms with Crippen molar-refractivity contribution in [1.82, 2.24) is 5.32 Å². The summed E-state index contributed by atoms with van der Waals surface area (Å²) in [6, 6.07) is 4.71. The van der Waals surface area contributed by atoms with E-state index in [9.17, 15) is 14.4 Å². The summed E-state index contributed by atoms with van der Waals surface area (Å²) in [6.45, 7) is 2.28. The van der Waals surface area contributed by atoms with Crippen molar-refractivity contribution in [1.29, 1.82) is 0 Å². The van der Waals surface area contributed by atoms with Crippen LogP contribution in [0, 0.1) is 0 Å². The third kappa shape index (κ3) is 3.76. The molecule has 0 aliphatic carbocycles. The number of hydrogen-bond donors (Lipinski definition) is 1. The topological polar surface area (TPSA) is 75.7 Å². The van der Waals surface area contributed by atoms with Crippen LogP contribution in [0.1, 0.15) is 30.1 Å². The van der Waals surface area contributed by atoms with E-state index < -0.39 is 11.9 Å². The van der Waals surface area contributed by atoms with Crippen molar-refractivity contribution in [2.24, 2.45) is 0 Å². The maximum absolute atomic E-state index is 12.2. The molecular weight excluding hydrogens is 308 g/mol. The van der Waals surface area contributed by atoms with Gasteiger partial charge < -0.3 is 15.0 Å². The third-order valence-electron chi connectivity index (χ3n) is 3.27. The van der Waals surface area contributed by atoms with E-state index in [4.69, 9.17) is 16.3 Å². The van der Waals surface area contributed by atoms with Gasteiger partial charge in [0.2, 0.25) is 5.91 Å². The lowest BCUT2D eigenvalue weighted by molar-refractivity contribution is -0.141. The number of anilines is 1. The summed E-state index contributed by atoms with van der Waals surface area (Å²) < 4.78 is 4.76. The smallest absolute Gasteiger partial charge is 0.325 e. The molecule has 7 heteroatoms. The van der Waals surface area contributed by atoms with Crippen LogP contribution in [0.5, 0.6) is 0 Å². The highest BCUT2D eigenvalue weighted by atomic mass is 35.5. The fraction of sp³-hybridized carbons (Fsp3) is 0.400. The van der Waals surface area contributed by atoms with Gasteiger partial charge in [0.25, 0.3) is 5.91 Å². The maximum atomic E-state index is 12.2. The molecule has 6 nitrogen and oxygen atoms in total. The van der Waals surface area contributed by atoms with E-state index in [2.05, 4.69) is 5.32 Å². The molecule has 0 aromatic heterocycles. The zero-order chi connectivity index (χ0) is 16.1. The van der Waals surface area contributed by atoms with Crippen molar-refractivity contribution in [2.75, 3.05) is 24.6 Å². The number of nitrogens with one attached hydrogen (secondary N) is 1. The molecule has 1 N–H and O–H groups in total. The van der Waals surface area contributed by atoms with Crippen LogP contribution in [0.4, 0.5) is 5.69 Å². The maximum Gasteiger partial charge on any atom is 0.325 e. The molecule has 118 valence electrons. The van der Waals surface area contributed by atoms with Crippen LogP contribution in [0.3, 0.4) is 0 Å². The van der Waals surface area contributed by atoms with Gasteiger partial charge in [0.05, 0.1) is 17.9 Å². The highest BCUT2D eigenvalue weighted by Crippen LogP contribution is 2.28. The molecule has 1 aromatic rings. The summed E-state index contributed by atoms with van der Waals surface area (Å²) >= 11 is 5.97. The molecule has 0 unspecified atom stereocenters. The molecule has 1 aliphatic rings. The zero-order valence-electron chi connectivity index (χ0n) is 12.2. The van der Waals surface area contributed by atoms with Crippen LogP contribution < -0.4 is 10.2 Å². The summed E-state index contributed by atoms with van der Waals surface area (Å²) in [5.41, 5.74) is 0.778. The first kappa shape index (κ1) is 16.3. The van der Waals surface area contributed by atoms with E-state index in [1.807, 2.05) is 0 Å². The van der Waals surface area contributed by atoms with E-state index in [-0.39, 0.29) is 19.1 Å². The quantitative estimate of drug-likeness (QED) is 0.837. The van der Waals surface area contributed by atoms with E-state index in [0.29, 0.717) is 29.2 Å². The summed E-state index contributed by atoms with van der Waals surface area (Å²) in [4.78, 5) is 37.0. The highest BCUT2D eigenvalue weighted by molar-refractivity contribution is 6.31. The molecule has 22 heavy (non-hydrogen) atoms. The Balaban J connectivity index is 2.17. The Labute approximate surface area is 133 Å². The van der Waals surface area contributed by atoms with Gasteiger partial charge >= 0.3 is 5.97 Å². The second kappa shape index (κ2) is 7.26. The van der Waals surface area contributed by atoms with Gasteiger partial charge in [-0.15, -0.1) is 0 Å². The van der Waals surface area contributed by atoms with Crippen molar-refractivity contribution in [3.05, 3.63) is 28.8 Å². The van der Waals surface area contributed by atoms with Crippen molar-refractivity contribution >= 4 is 35.1 Å². The van der Waals surface area contributed by atoms with Crippen LogP contribution in [0.15, 0.2) is 18.2 Å². The first-order valence-electron chi connectivity index (χ1n) is 7.06. The average molecular weight is 325 g/mol. The fourth-order valence-corrected chi connectivity index (χ4v) is 2.45. The second-order valence-electron chi connectivity index (χ2n) is 4.80. The van der Waals surface area contributed by atoms with Crippen molar-refractivity contribution < 1.29 is 19.1 Å². The van der Waals surface area contributed by atoms with Gasteiger partial charge in [-0.25, -0.2) is 0 Å². The molecule has 2 rings (SSSR count). The molecular formula is C15H17ClN2O4. The number of carbonyl (C=O) groups excluding carboxylic acids is 3. The van der Waals surface area contributed by atoms with Crippen molar-refractivity contribution in [3.63, 3.8) is 0 Å². The molecule has 0 saturated carbocycles. The number of carbonyl (C=O) groups is 3. The molecule has 0 atom stereocenters. The lowest BCUT2D eigenvalue weighted by Crippen LogP contribution is -2.33. The predicted octanol–water partition coefficient (Wildman–Crippen LogP) is 1.76. The third-order valence-corrected chi connectivity index (χ3v) is 3.50. The fourth-order valence-electron chi connectivity index (χ4n) is 2.28. The standard InChI is InChI=1S/C15H17ClN2O4/c1-2-22-14(20)9-17-15(21)11-6-5-10(16)8-12(11)18-7-3-4-13(18)19/h5-6,8H,2-4,7,9H2,1H3,(H,17,21). The van der Waals surface area contributed by atoms with Gasteiger partial charge in [0.15, 0.2) is 0 Å². The molecule has 0 radical (unpaired) electrons. The number of nitrogens with zero attached hydrogens (tertiary/aromatic N) is 1. The Hall–Kier alpha value is -2.08. The lowest BCUT2D eigenvalue weighted by atomic mass is 10.1. The van der Waals surface area contributed by atoms with Gasteiger partial charge in [-0.3, -0.25) is 14.4 Å². The Bertz CT molecular complexity index is 603. The second-order valence-corrected chi connectivity index (χ2v) is 5.23. The molecule has 1 aliphatic heterocycles. The van der Waals surface area contributed by atoms with E-state index in [1.54, 1.807) is 30.0 Å². The van der Waals surface area contributed by atoms with Gasteiger partial charge in [-0.2, -0.15) is 0 Å². The number of benzene rings is 1. The SMILES string of the molecule is CCOC(=O)CNC(=O)c1ccc(Cl)cc1N1CCCC1=O. The van der Waals surface area contributed by atoms with Crippen LogP contribution >= 0.6 is 11.6 Å². The van der Waals surface area contributed by atoms with E-state index in [0.717, 1.165) is 6.42 Å². The normalized spacial score (nSPS) is 14.1. The summed E-state index contributed by atoms with van der Waals surface area (Å²) in [7, 11) is 0. The van der Waals surface area contributed by atoms with E-state index >= 15 is 0 Å². The minimum Gasteiger partial charge on any atom is -0.465 e. The van der Waals surface area contributed by atoms with Crippen molar-refractivity contribution in [3.8, 4) is 0 Å². The molecule has 1 saturated heterocycles. The monoisotopic (exact) mass is 324 g/mol. The lowest BCUT2D eigenvalue weighted by Gasteiger charge is -2.19. The molecule has 1 fully saturated rings. The molecule has 2 amide bonds.